The maximum Gasteiger partial charge on any atom is 0.244 e. The number of aryl methyl sites for hydroxylation is 1. The molecule has 0 radical (unpaired) electrons. The Morgan fingerprint density at radius 3 is 2.60 bits per heavy atom. The van der Waals surface area contributed by atoms with E-state index in [0.717, 1.165) is 65.5 Å². The summed E-state index contributed by atoms with van der Waals surface area (Å²) < 4.78 is 16.0. The van der Waals surface area contributed by atoms with Gasteiger partial charge in [-0.15, -0.1) is 0 Å². The summed E-state index contributed by atoms with van der Waals surface area (Å²) in [6.07, 6.45) is 6.37. The molecular formula is C31H39N7O4. The van der Waals surface area contributed by atoms with Gasteiger partial charge in [-0.2, -0.15) is 0 Å². The summed E-state index contributed by atoms with van der Waals surface area (Å²) in [7, 11) is 5.38. The number of allylic oxidation sites excluding steroid dienone is 1. The standard InChI is InChI=1S/C31H39N7O4/c1-21-18-33-31(34-22-8-11-28(32-19-22)42-17-16-40-3)36-29(21)25-10-9-24-23(25)6-5-7-26(24)35-30(39)27(20-41-4)38-14-12-37(2)13-15-38/h5-8,10-11,18-19,27H,9,12-17,20H2,1-4H3,(H,35,39)(H,33,34,36)/t27-/m1/s1. The maximum absolute atomic E-state index is 13.5. The van der Waals surface area contributed by atoms with Crippen molar-refractivity contribution in [2.75, 3.05) is 77.9 Å². The number of likely N-dealkylation sites (N-methyl/N-ethyl adjacent to an activating group) is 1. The molecule has 5 rings (SSSR count). The van der Waals surface area contributed by atoms with E-state index in [1.165, 1.54) is 0 Å². The third-order valence-corrected chi connectivity index (χ3v) is 7.60. The second-order valence-electron chi connectivity index (χ2n) is 10.5. The van der Waals surface area contributed by atoms with Gasteiger partial charge < -0.3 is 29.7 Å². The SMILES string of the molecule is COCCOc1ccc(Nc2ncc(C)c(C3=CCc4c(NC(=O)[C@@H](COC)N5CCN(C)CC5)cccc43)n2)cn1. The molecule has 1 fully saturated rings. The summed E-state index contributed by atoms with van der Waals surface area (Å²) in [5.41, 5.74) is 6.54. The maximum atomic E-state index is 13.5. The van der Waals surface area contributed by atoms with Crippen molar-refractivity contribution in [1.82, 2.24) is 24.8 Å². The van der Waals surface area contributed by atoms with Crippen molar-refractivity contribution in [2.24, 2.45) is 0 Å². The lowest BCUT2D eigenvalue weighted by atomic mass is 9.99. The molecule has 1 amide bonds. The van der Waals surface area contributed by atoms with Crippen LogP contribution in [0.5, 0.6) is 5.88 Å². The predicted molar refractivity (Wildman–Crippen MR) is 162 cm³/mol. The lowest BCUT2D eigenvalue weighted by Crippen LogP contribution is -2.54. The molecule has 3 heterocycles. The zero-order chi connectivity index (χ0) is 29.5. The third kappa shape index (κ3) is 6.93. The van der Waals surface area contributed by atoms with Crippen LogP contribution in [0.4, 0.5) is 17.3 Å². The van der Waals surface area contributed by atoms with Crippen molar-refractivity contribution < 1.29 is 19.0 Å². The summed E-state index contributed by atoms with van der Waals surface area (Å²) in [6, 6.07) is 9.35. The summed E-state index contributed by atoms with van der Waals surface area (Å²) in [4.78, 5) is 31.6. The number of nitrogens with one attached hydrogen (secondary N) is 2. The number of carbonyl (C=O) groups excluding carboxylic acids is 1. The first kappa shape index (κ1) is 29.6. The highest BCUT2D eigenvalue weighted by molar-refractivity contribution is 5.97. The Morgan fingerprint density at radius 1 is 1.02 bits per heavy atom. The number of hydrogen-bond acceptors (Lipinski definition) is 10. The molecule has 222 valence electrons. The van der Waals surface area contributed by atoms with Crippen molar-refractivity contribution >= 4 is 28.8 Å². The minimum Gasteiger partial charge on any atom is -0.475 e. The Balaban J connectivity index is 1.31. The van der Waals surface area contributed by atoms with Crippen molar-refractivity contribution in [3.8, 4) is 5.88 Å². The molecule has 2 aliphatic rings. The molecule has 1 saturated heterocycles. The van der Waals surface area contributed by atoms with Crippen molar-refractivity contribution in [2.45, 2.75) is 19.4 Å². The van der Waals surface area contributed by atoms with E-state index in [9.17, 15) is 4.79 Å². The first-order valence-electron chi connectivity index (χ1n) is 14.2. The Labute approximate surface area is 246 Å². The minimum atomic E-state index is -0.341. The molecule has 1 aromatic carbocycles. The van der Waals surface area contributed by atoms with Gasteiger partial charge in [0, 0.05) is 63.9 Å². The summed E-state index contributed by atoms with van der Waals surface area (Å²) >= 11 is 0. The van der Waals surface area contributed by atoms with E-state index in [4.69, 9.17) is 19.2 Å². The number of methoxy groups -OCH3 is 2. The van der Waals surface area contributed by atoms with Gasteiger partial charge in [-0.1, -0.05) is 18.2 Å². The third-order valence-electron chi connectivity index (χ3n) is 7.60. The van der Waals surface area contributed by atoms with Gasteiger partial charge in [0.25, 0.3) is 0 Å². The number of amides is 1. The lowest BCUT2D eigenvalue weighted by molar-refractivity contribution is -0.124. The van der Waals surface area contributed by atoms with E-state index >= 15 is 0 Å². The zero-order valence-electron chi connectivity index (χ0n) is 24.7. The monoisotopic (exact) mass is 573 g/mol. The Morgan fingerprint density at radius 2 is 1.86 bits per heavy atom. The molecule has 1 atom stereocenters. The number of ether oxygens (including phenoxy) is 3. The number of rotatable bonds is 12. The molecule has 42 heavy (non-hydrogen) atoms. The van der Waals surface area contributed by atoms with Gasteiger partial charge in [0.15, 0.2) is 0 Å². The van der Waals surface area contributed by atoms with Crippen molar-refractivity contribution in [1.29, 1.82) is 0 Å². The molecule has 0 bridgehead atoms. The van der Waals surface area contributed by atoms with E-state index in [1.807, 2.05) is 31.3 Å². The van der Waals surface area contributed by atoms with E-state index in [1.54, 1.807) is 26.5 Å². The van der Waals surface area contributed by atoms with Gasteiger partial charge in [0.2, 0.25) is 17.7 Å². The molecule has 2 N–H and O–H groups in total. The first-order chi connectivity index (χ1) is 20.5. The number of carbonyl (C=O) groups is 1. The fourth-order valence-corrected chi connectivity index (χ4v) is 5.24. The normalized spacial score (nSPS) is 16.0. The van der Waals surface area contributed by atoms with E-state index in [0.29, 0.717) is 38.1 Å². The van der Waals surface area contributed by atoms with Crippen LogP contribution in [-0.4, -0.2) is 104 Å². The lowest BCUT2D eigenvalue weighted by Gasteiger charge is -2.36. The predicted octanol–water partition coefficient (Wildman–Crippen LogP) is 3.14. The molecule has 3 aromatic rings. The van der Waals surface area contributed by atoms with E-state index < -0.39 is 0 Å². The fraction of sp³-hybridized carbons (Fsp3) is 0.419. The van der Waals surface area contributed by atoms with Crippen LogP contribution in [-0.2, 0) is 20.7 Å². The van der Waals surface area contributed by atoms with Crippen molar-refractivity contribution in [3.63, 3.8) is 0 Å². The van der Waals surface area contributed by atoms with Gasteiger partial charge in [0.05, 0.1) is 30.8 Å². The number of anilines is 3. The van der Waals surface area contributed by atoms with Gasteiger partial charge in [0.1, 0.15) is 12.6 Å². The number of fused-ring (bicyclic) bond motifs is 1. The second-order valence-corrected chi connectivity index (χ2v) is 10.5. The fourth-order valence-electron chi connectivity index (χ4n) is 5.24. The average molecular weight is 574 g/mol. The zero-order valence-corrected chi connectivity index (χ0v) is 24.7. The Bertz CT molecular complexity index is 1400. The molecule has 0 unspecified atom stereocenters. The molecule has 11 nitrogen and oxygen atoms in total. The number of nitrogens with zero attached hydrogens (tertiary/aromatic N) is 5. The van der Waals surface area contributed by atoms with E-state index in [2.05, 4.69) is 49.6 Å². The number of aromatic nitrogens is 3. The second kappa shape index (κ2) is 13.8. The summed E-state index contributed by atoms with van der Waals surface area (Å²) in [5.74, 6) is 0.950. The number of pyridine rings is 1. The van der Waals surface area contributed by atoms with Crippen LogP contribution >= 0.6 is 0 Å². The average Bonchev–Trinajstić information content (AvgIpc) is 3.43. The Hall–Kier alpha value is -3.90. The van der Waals surface area contributed by atoms with Crippen LogP contribution in [0.3, 0.4) is 0 Å². The molecule has 0 saturated carbocycles. The minimum absolute atomic E-state index is 0.0447. The highest BCUT2D eigenvalue weighted by Crippen LogP contribution is 2.37. The van der Waals surface area contributed by atoms with Crippen LogP contribution in [0, 0.1) is 6.92 Å². The molecule has 1 aliphatic heterocycles. The molecular weight excluding hydrogens is 534 g/mol. The number of hydrogen-bond donors (Lipinski definition) is 2. The van der Waals surface area contributed by atoms with Crippen LogP contribution in [0.2, 0.25) is 0 Å². The molecule has 0 spiro atoms. The molecule has 11 heteroatoms. The van der Waals surface area contributed by atoms with Gasteiger partial charge in [-0.05, 0) is 49.2 Å². The first-order valence-corrected chi connectivity index (χ1v) is 14.2. The summed E-state index contributed by atoms with van der Waals surface area (Å²) in [5, 5.41) is 6.45. The molecule has 2 aromatic heterocycles. The van der Waals surface area contributed by atoms with Gasteiger partial charge >= 0.3 is 0 Å². The number of benzene rings is 1. The smallest absolute Gasteiger partial charge is 0.244 e. The molecule has 1 aliphatic carbocycles. The van der Waals surface area contributed by atoms with Crippen LogP contribution < -0.4 is 15.4 Å². The van der Waals surface area contributed by atoms with E-state index in [-0.39, 0.29) is 11.9 Å². The Kier molecular flexibility index (Phi) is 9.75. The topological polar surface area (TPSA) is 114 Å². The van der Waals surface area contributed by atoms with Crippen molar-refractivity contribution in [3.05, 3.63) is 71.2 Å². The number of piperazine rings is 1. The van der Waals surface area contributed by atoms with Gasteiger partial charge in [-0.25, -0.2) is 15.0 Å². The van der Waals surface area contributed by atoms with Gasteiger partial charge in [-0.3, -0.25) is 9.69 Å². The quantitative estimate of drug-likeness (QED) is 0.313. The highest BCUT2D eigenvalue weighted by atomic mass is 16.5. The largest absolute Gasteiger partial charge is 0.475 e. The highest BCUT2D eigenvalue weighted by Gasteiger charge is 2.30. The van der Waals surface area contributed by atoms with Crippen LogP contribution in [0.15, 0.2) is 48.8 Å². The van der Waals surface area contributed by atoms with Crippen LogP contribution in [0.25, 0.3) is 5.57 Å². The van der Waals surface area contributed by atoms with Crippen LogP contribution in [0.1, 0.15) is 22.4 Å². The summed E-state index contributed by atoms with van der Waals surface area (Å²) in [6.45, 7) is 6.83.